The van der Waals surface area contributed by atoms with Crippen LogP contribution in [0.2, 0.25) is 0 Å². The van der Waals surface area contributed by atoms with Crippen LogP contribution in [0.3, 0.4) is 0 Å². The number of carbonyl (C=O) groups excluding carboxylic acids is 1. The second kappa shape index (κ2) is 5.78. The molecule has 116 valence electrons. The van der Waals surface area contributed by atoms with Gasteiger partial charge in [0.15, 0.2) is 0 Å². The van der Waals surface area contributed by atoms with Crippen LogP contribution in [0.15, 0.2) is 29.6 Å². The van der Waals surface area contributed by atoms with E-state index in [1.165, 1.54) is 6.07 Å². The first-order valence-corrected chi connectivity index (χ1v) is 7.91. The summed E-state index contributed by atoms with van der Waals surface area (Å²) in [7, 11) is 0. The van der Waals surface area contributed by atoms with Crippen LogP contribution in [0.1, 0.15) is 33.6 Å². The Morgan fingerprint density at radius 2 is 2.05 bits per heavy atom. The lowest BCUT2D eigenvalue weighted by atomic mass is 9.83. The molecule has 0 radical (unpaired) electrons. The Kier molecular flexibility index (Phi) is 3.97. The third kappa shape index (κ3) is 2.64. The molecule has 3 rings (SSSR count). The standard InChI is InChI=1S/C16H15F2NO2S/c17-11-3-1-4-12(18)14(11)15(20)19-9-16(21)7-2-5-13-10(16)6-8-22-13/h1,3-4,6,8,21H,2,5,7,9H2,(H,19,20). The van der Waals surface area contributed by atoms with Gasteiger partial charge < -0.3 is 10.4 Å². The summed E-state index contributed by atoms with van der Waals surface area (Å²) in [5, 5.41) is 15.1. The predicted molar refractivity (Wildman–Crippen MR) is 79.8 cm³/mol. The molecule has 1 aromatic heterocycles. The van der Waals surface area contributed by atoms with Crippen LogP contribution < -0.4 is 5.32 Å². The Morgan fingerprint density at radius 3 is 2.77 bits per heavy atom. The average molecular weight is 323 g/mol. The monoisotopic (exact) mass is 323 g/mol. The number of rotatable bonds is 3. The molecule has 3 nitrogen and oxygen atoms in total. The summed E-state index contributed by atoms with van der Waals surface area (Å²) in [6, 6.07) is 5.11. The van der Waals surface area contributed by atoms with Crippen LogP contribution >= 0.6 is 11.3 Å². The van der Waals surface area contributed by atoms with Gasteiger partial charge in [0.25, 0.3) is 5.91 Å². The Labute approximate surface area is 130 Å². The van der Waals surface area contributed by atoms with E-state index in [1.807, 2.05) is 11.4 Å². The number of fused-ring (bicyclic) bond motifs is 1. The van der Waals surface area contributed by atoms with Crippen molar-refractivity contribution in [3.8, 4) is 0 Å². The molecule has 1 amide bonds. The molecule has 22 heavy (non-hydrogen) atoms. The molecule has 0 bridgehead atoms. The van der Waals surface area contributed by atoms with E-state index in [-0.39, 0.29) is 6.54 Å². The van der Waals surface area contributed by atoms with Gasteiger partial charge in [0.05, 0.1) is 6.54 Å². The molecule has 0 aliphatic heterocycles. The first-order valence-electron chi connectivity index (χ1n) is 7.03. The zero-order valence-electron chi connectivity index (χ0n) is 11.7. The normalized spacial score (nSPS) is 20.5. The van der Waals surface area contributed by atoms with E-state index in [0.717, 1.165) is 35.4 Å². The lowest BCUT2D eigenvalue weighted by Gasteiger charge is -2.32. The number of benzene rings is 1. The van der Waals surface area contributed by atoms with E-state index in [0.29, 0.717) is 6.42 Å². The smallest absolute Gasteiger partial charge is 0.257 e. The lowest BCUT2D eigenvalue weighted by molar-refractivity contribution is 0.0196. The third-order valence-electron chi connectivity index (χ3n) is 3.97. The van der Waals surface area contributed by atoms with Crippen molar-refractivity contribution in [2.45, 2.75) is 24.9 Å². The molecule has 1 atom stereocenters. The van der Waals surface area contributed by atoms with Crippen LogP contribution in [0.25, 0.3) is 0 Å². The molecule has 0 spiro atoms. The number of hydrogen-bond acceptors (Lipinski definition) is 3. The molecule has 0 fully saturated rings. The zero-order valence-corrected chi connectivity index (χ0v) is 12.6. The third-order valence-corrected chi connectivity index (χ3v) is 4.95. The molecule has 1 aliphatic carbocycles. The molecule has 0 saturated heterocycles. The molecule has 0 saturated carbocycles. The maximum absolute atomic E-state index is 13.6. The zero-order chi connectivity index (χ0) is 15.7. The van der Waals surface area contributed by atoms with Crippen molar-refractivity contribution in [3.05, 3.63) is 57.3 Å². The summed E-state index contributed by atoms with van der Waals surface area (Å²) in [6.45, 7) is -0.0661. The van der Waals surface area contributed by atoms with Crippen LogP contribution in [0.4, 0.5) is 8.78 Å². The highest BCUT2D eigenvalue weighted by atomic mass is 32.1. The number of amides is 1. The average Bonchev–Trinajstić information content (AvgIpc) is 2.95. The first kappa shape index (κ1) is 15.1. The Morgan fingerprint density at radius 1 is 1.32 bits per heavy atom. The first-order chi connectivity index (χ1) is 10.5. The highest BCUT2D eigenvalue weighted by molar-refractivity contribution is 7.10. The number of halogens is 2. The quantitative estimate of drug-likeness (QED) is 0.912. The van der Waals surface area contributed by atoms with Gasteiger partial charge in [-0.2, -0.15) is 0 Å². The van der Waals surface area contributed by atoms with Crippen LogP contribution in [0.5, 0.6) is 0 Å². The van der Waals surface area contributed by atoms with Crippen molar-refractivity contribution < 1.29 is 18.7 Å². The Balaban J connectivity index is 1.77. The summed E-state index contributed by atoms with van der Waals surface area (Å²) < 4.78 is 27.2. The van der Waals surface area contributed by atoms with Gasteiger partial charge >= 0.3 is 0 Å². The second-order valence-corrected chi connectivity index (χ2v) is 6.42. The van der Waals surface area contributed by atoms with E-state index in [2.05, 4.69) is 5.32 Å². The highest BCUT2D eigenvalue weighted by Crippen LogP contribution is 2.37. The number of aliphatic hydroxyl groups is 1. The molecule has 6 heteroatoms. The summed E-state index contributed by atoms with van der Waals surface area (Å²) in [4.78, 5) is 13.1. The molecule has 2 N–H and O–H groups in total. The number of thiophene rings is 1. The van der Waals surface area contributed by atoms with Gasteiger partial charge in [0.2, 0.25) is 0 Å². The van der Waals surface area contributed by atoms with E-state index >= 15 is 0 Å². The summed E-state index contributed by atoms with van der Waals surface area (Å²) in [5.74, 6) is -2.68. The fourth-order valence-electron chi connectivity index (χ4n) is 2.84. The topological polar surface area (TPSA) is 49.3 Å². The van der Waals surface area contributed by atoms with Crippen LogP contribution in [-0.4, -0.2) is 17.6 Å². The van der Waals surface area contributed by atoms with E-state index in [4.69, 9.17) is 0 Å². The summed E-state index contributed by atoms with van der Waals surface area (Å²) in [6.07, 6.45) is 2.23. The Hall–Kier alpha value is -1.79. The number of nitrogens with one attached hydrogen (secondary N) is 1. The van der Waals surface area contributed by atoms with Crippen molar-refractivity contribution in [1.82, 2.24) is 5.32 Å². The van der Waals surface area contributed by atoms with Gasteiger partial charge in [-0.15, -0.1) is 11.3 Å². The Bertz CT molecular complexity index is 696. The largest absolute Gasteiger partial charge is 0.383 e. The predicted octanol–water partition coefficient (Wildman–Crippen LogP) is 2.98. The molecule has 1 heterocycles. The highest BCUT2D eigenvalue weighted by Gasteiger charge is 2.35. The maximum Gasteiger partial charge on any atom is 0.257 e. The minimum absolute atomic E-state index is 0.0661. The van der Waals surface area contributed by atoms with E-state index < -0.39 is 28.7 Å². The molecule has 1 aromatic carbocycles. The van der Waals surface area contributed by atoms with Crippen molar-refractivity contribution in [3.63, 3.8) is 0 Å². The van der Waals surface area contributed by atoms with Gasteiger partial charge in [-0.05, 0) is 48.4 Å². The van der Waals surface area contributed by atoms with Gasteiger partial charge in [-0.3, -0.25) is 4.79 Å². The summed E-state index contributed by atoms with van der Waals surface area (Å²) >= 11 is 1.57. The van der Waals surface area contributed by atoms with Crippen molar-refractivity contribution >= 4 is 17.2 Å². The number of hydrogen-bond donors (Lipinski definition) is 2. The summed E-state index contributed by atoms with van der Waals surface area (Å²) in [5.41, 5.74) is -0.990. The van der Waals surface area contributed by atoms with Crippen LogP contribution in [-0.2, 0) is 12.0 Å². The minimum Gasteiger partial charge on any atom is -0.383 e. The van der Waals surface area contributed by atoms with E-state index in [9.17, 15) is 18.7 Å². The molecule has 1 aliphatic rings. The van der Waals surface area contributed by atoms with Gasteiger partial charge in [-0.25, -0.2) is 8.78 Å². The number of carbonyl (C=O) groups is 1. The molecule has 2 aromatic rings. The van der Waals surface area contributed by atoms with Gasteiger partial charge in [0, 0.05) is 4.88 Å². The SMILES string of the molecule is O=C(NCC1(O)CCCc2sccc21)c1c(F)cccc1F. The fraction of sp³-hybridized carbons (Fsp3) is 0.312. The second-order valence-electron chi connectivity index (χ2n) is 5.42. The van der Waals surface area contributed by atoms with Gasteiger partial charge in [0.1, 0.15) is 22.8 Å². The fourth-order valence-corrected chi connectivity index (χ4v) is 3.85. The van der Waals surface area contributed by atoms with E-state index in [1.54, 1.807) is 11.3 Å². The maximum atomic E-state index is 13.6. The van der Waals surface area contributed by atoms with Crippen molar-refractivity contribution in [2.75, 3.05) is 6.54 Å². The van der Waals surface area contributed by atoms with Gasteiger partial charge in [-0.1, -0.05) is 6.07 Å². The van der Waals surface area contributed by atoms with Crippen molar-refractivity contribution in [2.24, 2.45) is 0 Å². The number of aryl methyl sites for hydroxylation is 1. The minimum atomic E-state index is -1.18. The van der Waals surface area contributed by atoms with Crippen LogP contribution in [0, 0.1) is 11.6 Å². The molecular formula is C16H15F2NO2S. The van der Waals surface area contributed by atoms with Crippen molar-refractivity contribution in [1.29, 1.82) is 0 Å². The molecular weight excluding hydrogens is 308 g/mol. The molecule has 1 unspecified atom stereocenters. The lowest BCUT2D eigenvalue weighted by Crippen LogP contribution is -2.42.